The van der Waals surface area contributed by atoms with Crippen LogP contribution in [0.5, 0.6) is 0 Å². The number of carbonyl (C=O) groups is 1. The number of amides is 1. The van der Waals surface area contributed by atoms with Crippen LogP contribution in [0.1, 0.15) is 41.5 Å². The van der Waals surface area contributed by atoms with Crippen molar-refractivity contribution in [3.8, 4) is 0 Å². The first-order chi connectivity index (χ1) is 13.6. The van der Waals surface area contributed by atoms with Crippen LogP contribution in [0.4, 0.5) is 0 Å². The van der Waals surface area contributed by atoms with Crippen LogP contribution in [-0.4, -0.2) is 30.4 Å². The molecule has 0 aromatic heterocycles. The Labute approximate surface area is 169 Å². The minimum Gasteiger partial charge on any atom is -0.356 e. The molecule has 148 valence electrons. The summed E-state index contributed by atoms with van der Waals surface area (Å²) in [6.45, 7) is 8.36. The zero-order valence-corrected chi connectivity index (χ0v) is 17.2. The van der Waals surface area contributed by atoms with Crippen molar-refractivity contribution in [1.82, 2.24) is 10.2 Å². The van der Waals surface area contributed by atoms with E-state index < -0.39 is 0 Å². The fraction of sp³-hybridized carbons (Fsp3) is 0.480. The van der Waals surface area contributed by atoms with Gasteiger partial charge in [0.2, 0.25) is 5.91 Å². The van der Waals surface area contributed by atoms with Gasteiger partial charge in [-0.25, -0.2) is 0 Å². The molecule has 1 heterocycles. The molecule has 2 aliphatic rings. The van der Waals surface area contributed by atoms with Gasteiger partial charge in [-0.15, -0.1) is 0 Å². The minimum absolute atomic E-state index is 0.243. The van der Waals surface area contributed by atoms with Crippen LogP contribution in [0, 0.1) is 25.2 Å². The Hall–Kier alpha value is -2.13. The zero-order chi connectivity index (χ0) is 19.6. The third-order valence-corrected chi connectivity index (χ3v) is 6.89. The molecule has 2 fully saturated rings. The minimum atomic E-state index is 0.243. The van der Waals surface area contributed by atoms with Crippen molar-refractivity contribution in [1.29, 1.82) is 0 Å². The van der Waals surface area contributed by atoms with Crippen molar-refractivity contribution in [2.24, 2.45) is 11.3 Å². The Morgan fingerprint density at radius 1 is 1.04 bits per heavy atom. The maximum atomic E-state index is 12.6. The van der Waals surface area contributed by atoms with Crippen LogP contribution >= 0.6 is 0 Å². The number of nitrogens with zero attached hydrogens (tertiary/aromatic N) is 1. The van der Waals surface area contributed by atoms with Crippen molar-refractivity contribution >= 4 is 5.91 Å². The van der Waals surface area contributed by atoms with Gasteiger partial charge in [-0.05, 0) is 80.3 Å². The van der Waals surface area contributed by atoms with E-state index in [2.05, 4.69) is 66.5 Å². The van der Waals surface area contributed by atoms with Gasteiger partial charge in [0, 0.05) is 19.0 Å². The smallest absolute Gasteiger partial charge is 0.223 e. The summed E-state index contributed by atoms with van der Waals surface area (Å²) in [6, 6.07) is 17.2. The molecule has 1 aliphatic carbocycles. The van der Waals surface area contributed by atoms with Crippen molar-refractivity contribution in [3.05, 3.63) is 70.8 Å². The predicted molar refractivity (Wildman–Crippen MR) is 114 cm³/mol. The molecule has 1 amide bonds. The molecule has 1 aliphatic heterocycles. The fourth-order valence-corrected chi connectivity index (χ4v) is 4.69. The van der Waals surface area contributed by atoms with E-state index >= 15 is 0 Å². The Morgan fingerprint density at radius 3 is 2.50 bits per heavy atom. The summed E-state index contributed by atoms with van der Waals surface area (Å²) in [7, 11) is 0. The number of carbonyl (C=O) groups excluding carboxylic acids is 1. The van der Waals surface area contributed by atoms with Crippen LogP contribution < -0.4 is 5.32 Å². The van der Waals surface area contributed by atoms with Crippen LogP contribution in [0.2, 0.25) is 0 Å². The van der Waals surface area contributed by atoms with Gasteiger partial charge >= 0.3 is 0 Å². The number of aryl methyl sites for hydroxylation is 2. The lowest BCUT2D eigenvalue weighted by molar-refractivity contribution is -0.123. The SMILES string of the molecule is Cc1ccc(CN2CCC3(CC2)C[C@@H]3C(=O)NCCc2ccccc2)cc1C. The molecule has 2 aromatic rings. The molecular formula is C25H32N2O. The van der Waals surface area contributed by atoms with E-state index in [0.29, 0.717) is 0 Å². The zero-order valence-electron chi connectivity index (χ0n) is 17.2. The summed E-state index contributed by atoms with van der Waals surface area (Å²) in [5.74, 6) is 0.519. The van der Waals surface area contributed by atoms with Crippen molar-refractivity contribution in [2.75, 3.05) is 19.6 Å². The summed E-state index contributed by atoms with van der Waals surface area (Å²) in [5.41, 5.74) is 5.72. The first kappa shape index (κ1) is 19.2. The van der Waals surface area contributed by atoms with E-state index in [-0.39, 0.29) is 17.2 Å². The van der Waals surface area contributed by atoms with E-state index in [1.165, 1.54) is 22.3 Å². The van der Waals surface area contributed by atoms with E-state index in [9.17, 15) is 4.79 Å². The van der Waals surface area contributed by atoms with Crippen LogP contribution in [0.15, 0.2) is 48.5 Å². The van der Waals surface area contributed by atoms with Gasteiger partial charge in [0.05, 0.1) is 0 Å². The normalized spacial score (nSPS) is 20.9. The summed E-state index contributed by atoms with van der Waals surface area (Å²) in [4.78, 5) is 15.1. The van der Waals surface area contributed by atoms with Gasteiger partial charge in [0.25, 0.3) is 0 Å². The van der Waals surface area contributed by atoms with Gasteiger partial charge in [0.1, 0.15) is 0 Å². The lowest BCUT2D eigenvalue weighted by Gasteiger charge is -2.33. The average Bonchev–Trinajstić information content (AvgIpc) is 3.41. The van der Waals surface area contributed by atoms with E-state index in [1.54, 1.807) is 0 Å². The maximum Gasteiger partial charge on any atom is 0.223 e. The molecule has 1 saturated heterocycles. The van der Waals surface area contributed by atoms with Gasteiger partial charge in [-0.3, -0.25) is 9.69 Å². The number of hydrogen-bond donors (Lipinski definition) is 1. The molecule has 0 unspecified atom stereocenters. The Balaban J connectivity index is 1.21. The van der Waals surface area contributed by atoms with Crippen LogP contribution in [0.25, 0.3) is 0 Å². The third-order valence-electron chi connectivity index (χ3n) is 6.89. The largest absolute Gasteiger partial charge is 0.356 e. The molecule has 0 radical (unpaired) electrons. The molecule has 3 nitrogen and oxygen atoms in total. The van der Waals surface area contributed by atoms with Crippen LogP contribution in [-0.2, 0) is 17.8 Å². The Bertz CT molecular complexity index is 822. The van der Waals surface area contributed by atoms with E-state index in [0.717, 1.165) is 51.9 Å². The van der Waals surface area contributed by atoms with Crippen molar-refractivity contribution in [2.45, 2.75) is 46.1 Å². The molecule has 1 N–H and O–H groups in total. The topological polar surface area (TPSA) is 32.3 Å². The summed E-state index contributed by atoms with van der Waals surface area (Å²) in [6.07, 6.45) is 4.32. The molecule has 2 aromatic carbocycles. The van der Waals surface area contributed by atoms with Crippen molar-refractivity contribution < 1.29 is 4.79 Å². The highest BCUT2D eigenvalue weighted by Gasteiger charge is 2.58. The predicted octanol–water partition coefficient (Wildman–Crippen LogP) is 4.26. The van der Waals surface area contributed by atoms with Gasteiger partial charge in [0.15, 0.2) is 0 Å². The molecule has 4 rings (SSSR count). The first-order valence-electron chi connectivity index (χ1n) is 10.7. The number of hydrogen-bond acceptors (Lipinski definition) is 2. The molecular weight excluding hydrogens is 344 g/mol. The quantitative estimate of drug-likeness (QED) is 0.817. The second-order valence-electron chi connectivity index (χ2n) is 8.84. The van der Waals surface area contributed by atoms with Gasteiger partial charge in [-0.1, -0.05) is 48.5 Å². The Morgan fingerprint density at radius 2 is 1.79 bits per heavy atom. The summed E-state index contributed by atoms with van der Waals surface area (Å²) < 4.78 is 0. The standard InChI is InChI=1S/C25H32N2O/c1-19-8-9-22(16-20(19)2)18-27-14-11-25(12-15-27)17-23(25)24(28)26-13-10-21-6-4-3-5-7-21/h3-9,16,23H,10-15,17-18H2,1-2H3,(H,26,28)/t23-/m1/s1. The second-order valence-corrected chi connectivity index (χ2v) is 8.84. The molecule has 3 heteroatoms. The van der Waals surface area contributed by atoms with Crippen LogP contribution in [0.3, 0.4) is 0 Å². The number of nitrogens with one attached hydrogen (secondary N) is 1. The number of piperidine rings is 1. The molecule has 0 bridgehead atoms. The Kier molecular flexibility index (Phi) is 5.54. The summed E-state index contributed by atoms with van der Waals surface area (Å²) >= 11 is 0. The second kappa shape index (κ2) is 8.08. The molecule has 1 saturated carbocycles. The average molecular weight is 377 g/mol. The lowest BCUT2D eigenvalue weighted by Crippen LogP contribution is -2.37. The third kappa shape index (κ3) is 4.30. The first-order valence-corrected chi connectivity index (χ1v) is 10.7. The summed E-state index contributed by atoms with van der Waals surface area (Å²) in [5, 5.41) is 3.17. The van der Waals surface area contributed by atoms with E-state index in [4.69, 9.17) is 0 Å². The monoisotopic (exact) mass is 376 g/mol. The van der Waals surface area contributed by atoms with Crippen molar-refractivity contribution in [3.63, 3.8) is 0 Å². The highest BCUT2D eigenvalue weighted by molar-refractivity contribution is 5.82. The van der Waals surface area contributed by atoms with Gasteiger partial charge in [-0.2, -0.15) is 0 Å². The molecule has 1 atom stereocenters. The molecule has 1 spiro atoms. The lowest BCUT2D eigenvalue weighted by atomic mass is 9.90. The van der Waals surface area contributed by atoms with E-state index in [1.807, 2.05) is 6.07 Å². The maximum absolute atomic E-state index is 12.6. The highest BCUT2D eigenvalue weighted by Crippen LogP contribution is 2.59. The number of likely N-dealkylation sites (tertiary alicyclic amines) is 1. The number of benzene rings is 2. The highest BCUT2D eigenvalue weighted by atomic mass is 16.2. The fourth-order valence-electron chi connectivity index (χ4n) is 4.69. The van der Waals surface area contributed by atoms with Gasteiger partial charge < -0.3 is 5.32 Å². The number of rotatable bonds is 6. The molecule has 28 heavy (non-hydrogen) atoms.